The maximum Gasteiger partial charge on any atom is 0.373 e. The van der Waals surface area contributed by atoms with E-state index in [0.717, 1.165) is 26.2 Å². The van der Waals surface area contributed by atoms with Crippen LogP contribution in [0, 0.1) is 0 Å². The van der Waals surface area contributed by atoms with Crippen LogP contribution in [0.25, 0.3) is 11.6 Å². The molecule has 2 aromatic heterocycles. The summed E-state index contributed by atoms with van der Waals surface area (Å²) in [6.45, 7) is 13.9. The van der Waals surface area contributed by atoms with Crippen LogP contribution < -0.4 is 9.13 Å². The fourth-order valence-electron chi connectivity index (χ4n) is 8.19. The number of aromatic nitrogens is 4. The first kappa shape index (κ1) is 46.6. The highest BCUT2D eigenvalue weighted by molar-refractivity contribution is 5.36. The summed E-state index contributed by atoms with van der Waals surface area (Å²) >= 11 is 0. The topological polar surface area (TPSA) is 17.6 Å². The zero-order valence-corrected chi connectivity index (χ0v) is 36.0. The minimum atomic E-state index is 1.14. The normalized spacial score (nSPS) is 11.7. The molecule has 0 unspecified atom stereocenters. The third kappa shape index (κ3) is 22.0. The van der Waals surface area contributed by atoms with E-state index in [9.17, 15) is 0 Å². The Labute approximate surface area is 326 Å². The van der Waals surface area contributed by atoms with Gasteiger partial charge >= 0.3 is 11.6 Å². The quantitative estimate of drug-likeness (QED) is 0.0483. The summed E-state index contributed by atoms with van der Waals surface area (Å²) in [7, 11) is 0. The highest BCUT2D eigenvalue weighted by Gasteiger charge is 2.32. The Hall–Kier alpha value is -1.58. The molecule has 0 amide bonds. The van der Waals surface area contributed by atoms with Crippen LogP contribution in [0.2, 0.25) is 0 Å². The Bertz CT molecular complexity index is 1040. The molecule has 0 saturated heterocycles. The lowest BCUT2D eigenvalue weighted by atomic mass is 10.0. The summed E-state index contributed by atoms with van der Waals surface area (Å²) in [6, 6.07) is 0. The molecule has 302 valence electrons. The third-order valence-corrected chi connectivity index (χ3v) is 11.7. The molecule has 0 spiro atoms. The molecule has 0 aliphatic rings. The standard InChI is InChI=1S/C48H92N4/c1-5-9-13-17-20-22-23-24-25-26-27-28-29-31-34-38-42-51-44-43-49(39-35-16-12-8-4)47(51)48-50(40-36-32-19-15-11-7-3)45-46-52(48)41-37-33-30-21-18-14-10-6-2/h43-46H,5-42H2,1-4H3/q+2. The largest absolute Gasteiger partial charge is 0.373 e. The molecule has 0 radical (unpaired) electrons. The number of aryl methyl sites for hydroxylation is 4. The van der Waals surface area contributed by atoms with Crippen LogP contribution in [0.5, 0.6) is 0 Å². The Balaban J connectivity index is 1.95. The van der Waals surface area contributed by atoms with Crippen LogP contribution in [0.15, 0.2) is 24.8 Å². The average Bonchev–Trinajstić information content (AvgIpc) is 3.74. The van der Waals surface area contributed by atoms with Gasteiger partial charge in [0.1, 0.15) is 24.8 Å². The molecule has 0 aliphatic heterocycles. The number of hydrogen-bond donors (Lipinski definition) is 0. The van der Waals surface area contributed by atoms with E-state index in [0.29, 0.717) is 0 Å². The van der Waals surface area contributed by atoms with Crippen LogP contribution in [0.3, 0.4) is 0 Å². The number of rotatable bonds is 39. The molecule has 0 fully saturated rings. The first-order chi connectivity index (χ1) is 25.8. The third-order valence-electron chi connectivity index (χ3n) is 11.7. The molecule has 0 aliphatic carbocycles. The Kier molecular flexibility index (Phi) is 30.4. The molecule has 2 heterocycles. The van der Waals surface area contributed by atoms with Gasteiger partial charge in [0.2, 0.25) is 0 Å². The van der Waals surface area contributed by atoms with Crippen molar-refractivity contribution >= 4 is 0 Å². The molecule has 2 aromatic rings. The zero-order chi connectivity index (χ0) is 37.2. The van der Waals surface area contributed by atoms with Gasteiger partial charge in [0.05, 0.1) is 26.2 Å². The first-order valence-electron chi connectivity index (χ1n) is 23.9. The van der Waals surface area contributed by atoms with Crippen molar-refractivity contribution in [3.8, 4) is 11.6 Å². The van der Waals surface area contributed by atoms with Gasteiger partial charge in [-0.2, -0.15) is 0 Å². The van der Waals surface area contributed by atoms with Crippen molar-refractivity contribution in [2.45, 2.75) is 272 Å². The second-order valence-corrected chi connectivity index (χ2v) is 16.6. The van der Waals surface area contributed by atoms with Crippen molar-refractivity contribution in [3.63, 3.8) is 0 Å². The maximum absolute atomic E-state index is 2.64. The van der Waals surface area contributed by atoms with Crippen LogP contribution in [0.1, 0.15) is 246 Å². The van der Waals surface area contributed by atoms with Gasteiger partial charge in [0, 0.05) is 0 Å². The Morgan fingerprint density at radius 3 is 0.827 bits per heavy atom. The molecule has 0 atom stereocenters. The summed E-state index contributed by atoms with van der Waals surface area (Å²) in [5, 5.41) is 0. The van der Waals surface area contributed by atoms with Crippen LogP contribution in [0.4, 0.5) is 0 Å². The van der Waals surface area contributed by atoms with Gasteiger partial charge in [-0.3, -0.25) is 0 Å². The second-order valence-electron chi connectivity index (χ2n) is 16.6. The molecule has 0 N–H and O–H groups in total. The lowest BCUT2D eigenvalue weighted by Gasteiger charge is -2.08. The van der Waals surface area contributed by atoms with Crippen molar-refractivity contribution in [1.29, 1.82) is 0 Å². The minimum absolute atomic E-state index is 1.14. The summed E-state index contributed by atoms with van der Waals surface area (Å²) in [5.41, 5.74) is 0. The van der Waals surface area contributed by atoms with E-state index >= 15 is 0 Å². The molecule has 0 aromatic carbocycles. The van der Waals surface area contributed by atoms with Gasteiger partial charge in [0.15, 0.2) is 0 Å². The molecule has 2 rings (SSSR count). The van der Waals surface area contributed by atoms with Gasteiger partial charge in [-0.15, -0.1) is 0 Å². The first-order valence-corrected chi connectivity index (χ1v) is 23.9. The minimum Gasteiger partial charge on any atom is -0.223 e. The number of nitrogens with zero attached hydrogens (tertiary/aromatic N) is 4. The van der Waals surface area contributed by atoms with Gasteiger partial charge in [-0.1, -0.05) is 195 Å². The van der Waals surface area contributed by atoms with Gasteiger partial charge in [-0.25, -0.2) is 18.3 Å². The van der Waals surface area contributed by atoms with Gasteiger partial charge < -0.3 is 0 Å². The van der Waals surface area contributed by atoms with Crippen LogP contribution in [-0.2, 0) is 26.2 Å². The van der Waals surface area contributed by atoms with Crippen molar-refractivity contribution < 1.29 is 9.13 Å². The summed E-state index contributed by atoms with van der Waals surface area (Å²) in [6.07, 6.45) is 57.0. The predicted molar refractivity (Wildman–Crippen MR) is 228 cm³/mol. The van der Waals surface area contributed by atoms with E-state index in [2.05, 4.69) is 70.8 Å². The Morgan fingerprint density at radius 1 is 0.308 bits per heavy atom. The fraction of sp³-hybridized carbons (Fsp3) is 0.875. The molecule has 0 saturated carbocycles. The fourth-order valence-corrected chi connectivity index (χ4v) is 8.19. The van der Waals surface area contributed by atoms with Gasteiger partial charge in [-0.05, 0) is 51.4 Å². The average molecular weight is 725 g/mol. The lowest BCUT2D eigenvalue weighted by Crippen LogP contribution is -2.43. The predicted octanol–water partition coefficient (Wildman–Crippen LogP) is 14.9. The van der Waals surface area contributed by atoms with Gasteiger partial charge in [0.25, 0.3) is 0 Å². The van der Waals surface area contributed by atoms with Crippen LogP contribution >= 0.6 is 0 Å². The van der Waals surface area contributed by atoms with E-state index in [1.807, 2.05) is 0 Å². The summed E-state index contributed by atoms with van der Waals surface area (Å²) < 4.78 is 10.5. The SMILES string of the molecule is CCCCCCCCCCCCCCCCCC[n+]1ccn(CCCCCC)c1-c1n(CCCCCCCC)cc[n+]1CCCCCCCCCC. The molecule has 0 bridgehead atoms. The number of imidazole rings is 2. The molecular weight excluding hydrogens is 633 g/mol. The Morgan fingerprint density at radius 2 is 0.538 bits per heavy atom. The maximum atomic E-state index is 2.64. The van der Waals surface area contributed by atoms with E-state index in [1.54, 1.807) is 0 Å². The highest BCUT2D eigenvalue weighted by Crippen LogP contribution is 2.19. The smallest absolute Gasteiger partial charge is 0.223 e. The molecule has 52 heavy (non-hydrogen) atoms. The molecular formula is C48H92N4+2. The van der Waals surface area contributed by atoms with Crippen molar-refractivity contribution in [3.05, 3.63) is 24.8 Å². The molecule has 4 heteroatoms. The lowest BCUT2D eigenvalue weighted by molar-refractivity contribution is -0.715. The zero-order valence-electron chi connectivity index (χ0n) is 36.0. The molecule has 4 nitrogen and oxygen atoms in total. The monoisotopic (exact) mass is 725 g/mol. The van der Waals surface area contributed by atoms with E-state index in [1.165, 1.54) is 230 Å². The van der Waals surface area contributed by atoms with Crippen molar-refractivity contribution in [2.24, 2.45) is 0 Å². The van der Waals surface area contributed by atoms with E-state index < -0.39 is 0 Å². The summed E-state index contributed by atoms with van der Waals surface area (Å²) in [4.78, 5) is 0. The van der Waals surface area contributed by atoms with E-state index in [-0.39, 0.29) is 0 Å². The van der Waals surface area contributed by atoms with Crippen LogP contribution in [-0.4, -0.2) is 9.13 Å². The van der Waals surface area contributed by atoms with Crippen molar-refractivity contribution in [1.82, 2.24) is 9.13 Å². The number of unbranched alkanes of at least 4 members (excludes halogenated alkanes) is 30. The highest BCUT2D eigenvalue weighted by atomic mass is 15.2. The van der Waals surface area contributed by atoms with Crippen molar-refractivity contribution in [2.75, 3.05) is 0 Å². The second kappa shape index (κ2) is 33.9. The van der Waals surface area contributed by atoms with E-state index in [4.69, 9.17) is 0 Å². The number of hydrogen-bond acceptors (Lipinski definition) is 0. The summed E-state index contributed by atoms with van der Waals surface area (Å²) in [5.74, 6) is 2.93.